The Labute approximate surface area is 140 Å². The molecule has 22 heavy (non-hydrogen) atoms. The van der Waals surface area contributed by atoms with Crippen LogP contribution in [-0.2, 0) is 4.79 Å². The van der Waals surface area contributed by atoms with Gasteiger partial charge in [0.2, 0.25) is 5.91 Å². The van der Waals surface area contributed by atoms with Gasteiger partial charge in [-0.05, 0) is 31.2 Å². The smallest absolute Gasteiger partial charge is 0.269 e. The maximum absolute atomic E-state index is 11.9. The fourth-order valence-electron chi connectivity index (χ4n) is 1.73. The van der Waals surface area contributed by atoms with Crippen LogP contribution in [0.5, 0.6) is 0 Å². The third kappa shape index (κ3) is 4.72. The summed E-state index contributed by atoms with van der Waals surface area (Å²) in [4.78, 5) is 23.8. The summed E-state index contributed by atoms with van der Waals surface area (Å²) in [5.74, 6) is 0.154. The fourth-order valence-corrected chi connectivity index (χ4v) is 3.50. The van der Waals surface area contributed by atoms with Gasteiger partial charge in [-0.25, -0.2) is 0 Å². The first kappa shape index (κ1) is 16.8. The van der Waals surface area contributed by atoms with Gasteiger partial charge in [0.25, 0.3) is 5.69 Å². The molecule has 0 saturated heterocycles. The average Bonchev–Trinajstić information content (AvgIpc) is 2.92. The zero-order chi connectivity index (χ0) is 16.1. The van der Waals surface area contributed by atoms with Crippen molar-refractivity contribution in [3.05, 3.63) is 55.7 Å². The van der Waals surface area contributed by atoms with E-state index in [9.17, 15) is 14.9 Å². The molecule has 0 saturated carbocycles. The van der Waals surface area contributed by atoms with E-state index in [1.165, 1.54) is 35.2 Å². The molecule has 1 N–H and O–H groups in total. The van der Waals surface area contributed by atoms with Crippen molar-refractivity contribution in [3.63, 3.8) is 0 Å². The van der Waals surface area contributed by atoms with Crippen molar-refractivity contribution in [2.75, 3.05) is 5.75 Å². The number of hydrogen-bond acceptors (Lipinski definition) is 5. The predicted octanol–water partition coefficient (Wildman–Crippen LogP) is 4.28. The Morgan fingerprint density at radius 3 is 2.59 bits per heavy atom. The van der Waals surface area contributed by atoms with E-state index in [0.29, 0.717) is 4.34 Å². The molecule has 0 radical (unpaired) electrons. The van der Waals surface area contributed by atoms with Crippen molar-refractivity contribution in [3.8, 4) is 0 Å². The highest BCUT2D eigenvalue weighted by atomic mass is 35.5. The summed E-state index contributed by atoms with van der Waals surface area (Å²) in [6, 6.07) is 9.73. The van der Waals surface area contributed by atoms with Crippen LogP contribution in [0.1, 0.15) is 17.8 Å². The zero-order valence-electron chi connectivity index (χ0n) is 11.6. The van der Waals surface area contributed by atoms with Crippen LogP contribution in [0.3, 0.4) is 0 Å². The molecule has 8 heteroatoms. The summed E-state index contributed by atoms with van der Waals surface area (Å²) in [7, 11) is 0. The zero-order valence-corrected chi connectivity index (χ0v) is 14.0. The van der Waals surface area contributed by atoms with Crippen molar-refractivity contribution in [1.29, 1.82) is 0 Å². The van der Waals surface area contributed by atoms with Gasteiger partial charge in [-0.15, -0.1) is 23.1 Å². The van der Waals surface area contributed by atoms with Gasteiger partial charge in [-0.2, -0.15) is 0 Å². The van der Waals surface area contributed by atoms with Gasteiger partial charge in [0.15, 0.2) is 0 Å². The third-order valence-corrected chi connectivity index (χ3v) is 5.24. The predicted molar refractivity (Wildman–Crippen MR) is 89.7 cm³/mol. The van der Waals surface area contributed by atoms with E-state index in [0.717, 1.165) is 9.77 Å². The Morgan fingerprint density at radius 1 is 1.36 bits per heavy atom. The molecule has 2 aromatic rings. The number of nitrogens with one attached hydrogen (secondary N) is 1. The Balaban J connectivity index is 1.83. The maximum atomic E-state index is 11.9. The normalized spacial score (nSPS) is 11.9. The van der Waals surface area contributed by atoms with Crippen LogP contribution in [0, 0.1) is 10.1 Å². The molecule has 1 amide bonds. The topological polar surface area (TPSA) is 72.2 Å². The summed E-state index contributed by atoms with van der Waals surface area (Å²) in [6.07, 6.45) is 0. The number of non-ortho nitro benzene ring substituents is 1. The van der Waals surface area contributed by atoms with Gasteiger partial charge in [-0.1, -0.05) is 11.6 Å². The minimum absolute atomic E-state index is 0.0389. The summed E-state index contributed by atoms with van der Waals surface area (Å²) in [5, 5.41) is 13.5. The van der Waals surface area contributed by atoms with E-state index in [1.54, 1.807) is 18.2 Å². The minimum Gasteiger partial charge on any atom is -0.348 e. The Morgan fingerprint density at radius 2 is 2.05 bits per heavy atom. The number of hydrogen-bond donors (Lipinski definition) is 1. The molecule has 116 valence electrons. The lowest BCUT2D eigenvalue weighted by atomic mass is 10.3. The van der Waals surface area contributed by atoms with Gasteiger partial charge in [-0.3, -0.25) is 14.9 Å². The number of nitro groups is 1. The van der Waals surface area contributed by atoms with Crippen LogP contribution in [0.4, 0.5) is 5.69 Å². The molecule has 0 aliphatic heterocycles. The minimum atomic E-state index is -0.449. The molecule has 0 fully saturated rings. The van der Waals surface area contributed by atoms with E-state index in [-0.39, 0.29) is 23.4 Å². The quantitative estimate of drug-likeness (QED) is 0.476. The van der Waals surface area contributed by atoms with Gasteiger partial charge < -0.3 is 5.32 Å². The van der Waals surface area contributed by atoms with Crippen molar-refractivity contribution < 1.29 is 9.72 Å². The SMILES string of the molecule is CC(NC(=O)CSc1ccc([N+](=O)[O-])cc1)c1ccc(Cl)s1. The monoisotopic (exact) mass is 356 g/mol. The lowest BCUT2D eigenvalue weighted by molar-refractivity contribution is -0.384. The Bertz CT molecular complexity index is 673. The molecule has 1 unspecified atom stereocenters. The summed E-state index contributed by atoms with van der Waals surface area (Å²) in [6.45, 7) is 1.90. The lowest BCUT2D eigenvalue weighted by Gasteiger charge is -2.11. The van der Waals surface area contributed by atoms with E-state index >= 15 is 0 Å². The standard InChI is InChI=1S/C14H13ClN2O3S2/c1-9(12-6-7-13(15)22-12)16-14(18)8-21-11-4-2-10(3-5-11)17(19)20/h2-7,9H,8H2,1H3,(H,16,18). The average molecular weight is 357 g/mol. The van der Waals surface area contributed by atoms with Crippen LogP contribution in [0.25, 0.3) is 0 Å². The number of amides is 1. The fraction of sp³-hybridized carbons (Fsp3) is 0.214. The van der Waals surface area contributed by atoms with Crippen molar-refractivity contribution in [2.24, 2.45) is 0 Å². The molecule has 0 bridgehead atoms. The molecule has 0 spiro atoms. The van der Waals surface area contributed by atoms with Crippen LogP contribution < -0.4 is 5.32 Å². The van der Waals surface area contributed by atoms with Crippen molar-refractivity contribution in [1.82, 2.24) is 5.32 Å². The third-order valence-electron chi connectivity index (χ3n) is 2.82. The van der Waals surface area contributed by atoms with Gasteiger partial charge in [0, 0.05) is 21.9 Å². The number of thioether (sulfide) groups is 1. The molecule has 1 aromatic heterocycles. The Hall–Kier alpha value is -1.57. The first-order valence-corrected chi connectivity index (χ1v) is 8.55. The number of rotatable bonds is 6. The summed E-state index contributed by atoms with van der Waals surface area (Å²) < 4.78 is 0.691. The number of halogens is 1. The molecule has 1 aromatic carbocycles. The number of thiophene rings is 1. The lowest BCUT2D eigenvalue weighted by Crippen LogP contribution is -2.27. The number of carbonyl (C=O) groups is 1. The number of nitro benzene ring substituents is 1. The molecule has 0 aliphatic rings. The molecule has 0 aliphatic carbocycles. The van der Waals surface area contributed by atoms with Gasteiger partial charge in [0.1, 0.15) is 0 Å². The molecule has 5 nitrogen and oxygen atoms in total. The van der Waals surface area contributed by atoms with Crippen LogP contribution in [0.15, 0.2) is 41.3 Å². The highest BCUT2D eigenvalue weighted by Gasteiger charge is 2.12. The first-order valence-electron chi connectivity index (χ1n) is 6.37. The molecular weight excluding hydrogens is 344 g/mol. The number of carbonyl (C=O) groups excluding carboxylic acids is 1. The van der Waals surface area contributed by atoms with Crippen LogP contribution in [-0.4, -0.2) is 16.6 Å². The number of benzene rings is 1. The second-order valence-electron chi connectivity index (χ2n) is 4.47. The second-order valence-corrected chi connectivity index (χ2v) is 7.27. The van der Waals surface area contributed by atoms with Crippen LogP contribution >= 0.6 is 34.7 Å². The highest BCUT2D eigenvalue weighted by Crippen LogP contribution is 2.27. The van der Waals surface area contributed by atoms with E-state index in [2.05, 4.69) is 5.32 Å². The largest absolute Gasteiger partial charge is 0.348 e. The second kappa shape index (κ2) is 7.62. The molecular formula is C14H13ClN2O3S2. The van der Waals surface area contributed by atoms with Gasteiger partial charge in [0.05, 0.1) is 21.1 Å². The van der Waals surface area contributed by atoms with E-state index < -0.39 is 4.92 Å². The number of nitrogens with zero attached hydrogens (tertiary/aromatic N) is 1. The first-order chi connectivity index (χ1) is 10.5. The Kier molecular flexibility index (Phi) is 5.82. The van der Waals surface area contributed by atoms with Crippen molar-refractivity contribution in [2.45, 2.75) is 17.9 Å². The van der Waals surface area contributed by atoms with Crippen molar-refractivity contribution >= 4 is 46.3 Å². The van der Waals surface area contributed by atoms with Gasteiger partial charge >= 0.3 is 0 Å². The molecule has 2 rings (SSSR count). The van der Waals surface area contributed by atoms with E-state index in [4.69, 9.17) is 11.6 Å². The van der Waals surface area contributed by atoms with Crippen LogP contribution in [0.2, 0.25) is 4.34 Å². The maximum Gasteiger partial charge on any atom is 0.269 e. The van der Waals surface area contributed by atoms with E-state index in [1.807, 2.05) is 13.0 Å². The summed E-state index contributed by atoms with van der Waals surface area (Å²) >= 11 is 8.64. The molecule has 1 atom stereocenters. The molecule has 1 heterocycles. The highest BCUT2D eigenvalue weighted by molar-refractivity contribution is 8.00. The summed E-state index contributed by atoms with van der Waals surface area (Å²) in [5.41, 5.74) is 0.0389.